The lowest BCUT2D eigenvalue weighted by Crippen LogP contribution is -2.15. The summed E-state index contributed by atoms with van der Waals surface area (Å²) in [7, 11) is 0. The molecule has 3 aromatic rings. The van der Waals surface area contributed by atoms with Gasteiger partial charge in [0.1, 0.15) is 6.54 Å². The molecule has 0 amide bonds. The number of benzene rings is 2. The van der Waals surface area contributed by atoms with Gasteiger partial charge in [-0.25, -0.2) is 4.98 Å². The van der Waals surface area contributed by atoms with Crippen LogP contribution >= 0.6 is 0 Å². The molecule has 19 heavy (non-hydrogen) atoms. The van der Waals surface area contributed by atoms with Gasteiger partial charge in [0, 0.05) is 11.6 Å². The number of pyridine rings is 1. The van der Waals surface area contributed by atoms with E-state index in [4.69, 9.17) is 0 Å². The number of fused-ring (bicyclic) bond motifs is 1. The van der Waals surface area contributed by atoms with Crippen LogP contribution in [0.1, 0.15) is 11.3 Å². The molecule has 1 aromatic heterocycles. The monoisotopic (exact) mass is 249 g/mol. The third-order valence-electron chi connectivity index (χ3n) is 3.29. The molecular weight excluding hydrogens is 232 g/mol. The Labute approximate surface area is 113 Å². The van der Waals surface area contributed by atoms with E-state index in [2.05, 4.69) is 77.9 Å². The molecule has 0 fully saturated rings. The molecule has 3 rings (SSSR count). The Bertz CT molecular complexity index is 699. The van der Waals surface area contributed by atoms with Crippen molar-refractivity contribution in [3.05, 3.63) is 71.9 Å². The van der Waals surface area contributed by atoms with Crippen molar-refractivity contribution in [3.63, 3.8) is 0 Å². The van der Waals surface area contributed by atoms with Crippen molar-refractivity contribution in [2.45, 2.75) is 13.5 Å². The molecule has 0 atom stereocenters. The van der Waals surface area contributed by atoms with E-state index in [-0.39, 0.29) is 0 Å². The van der Waals surface area contributed by atoms with E-state index in [9.17, 15) is 0 Å². The minimum atomic E-state index is 0.821. The highest BCUT2D eigenvalue weighted by atomic mass is 15.0. The van der Waals surface area contributed by atoms with Crippen molar-refractivity contribution in [2.75, 3.05) is 5.32 Å². The first-order valence-corrected chi connectivity index (χ1v) is 6.52. The Hall–Kier alpha value is -2.35. The molecule has 0 saturated carbocycles. The number of aromatic nitrogens is 1. The van der Waals surface area contributed by atoms with Crippen LogP contribution in [0.2, 0.25) is 0 Å². The zero-order valence-electron chi connectivity index (χ0n) is 11.0. The first-order chi connectivity index (χ1) is 9.33. The smallest absolute Gasteiger partial charge is 0.270 e. The first-order valence-electron chi connectivity index (χ1n) is 6.52. The number of H-pyrrole nitrogens is 1. The molecule has 0 aliphatic rings. The highest BCUT2D eigenvalue weighted by molar-refractivity contribution is 5.85. The lowest BCUT2D eigenvalue weighted by atomic mass is 10.0. The highest BCUT2D eigenvalue weighted by Crippen LogP contribution is 2.19. The fourth-order valence-electron chi connectivity index (χ4n) is 2.32. The van der Waals surface area contributed by atoms with Gasteiger partial charge in [0.05, 0.1) is 5.69 Å². The summed E-state index contributed by atoms with van der Waals surface area (Å²) in [4.78, 5) is 3.31. The molecule has 0 spiro atoms. The molecule has 0 aliphatic heterocycles. The van der Waals surface area contributed by atoms with Crippen LogP contribution in [0, 0.1) is 6.92 Å². The molecule has 2 nitrogen and oxygen atoms in total. The van der Waals surface area contributed by atoms with Crippen LogP contribution < -0.4 is 10.3 Å². The molecule has 0 radical (unpaired) electrons. The lowest BCUT2D eigenvalue weighted by molar-refractivity contribution is -0.371. The van der Waals surface area contributed by atoms with Gasteiger partial charge in [0.2, 0.25) is 0 Å². The molecule has 0 aliphatic carbocycles. The third kappa shape index (κ3) is 2.58. The van der Waals surface area contributed by atoms with Gasteiger partial charge in [0.25, 0.3) is 5.82 Å². The van der Waals surface area contributed by atoms with Crippen molar-refractivity contribution < 1.29 is 4.98 Å². The molecule has 0 saturated heterocycles. The van der Waals surface area contributed by atoms with E-state index in [0.29, 0.717) is 0 Å². The summed E-state index contributed by atoms with van der Waals surface area (Å²) in [6.07, 6.45) is 0. The van der Waals surface area contributed by atoms with Crippen molar-refractivity contribution in [3.8, 4) is 0 Å². The Morgan fingerprint density at radius 3 is 2.58 bits per heavy atom. The van der Waals surface area contributed by atoms with E-state index in [1.807, 2.05) is 0 Å². The van der Waals surface area contributed by atoms with E-state index < -0.39 is 0 Å². The number of hydrogen-bond acceptors (Lipinski definition) is 1. The minimum Gasteiger partial charge on any atom is -0.270 e. The van der Waals surface area contributed by atoms with Crippen LogP contribution in [0.3, 0.4) is 0 Å². The van der Waals surface area contributed by atoms with Crippen molar-refractivity contribution in [2.24, 2.45) is 0 Å². The molecular formula is C17H17N2+. The van der Waals surface area contributed by atoms with Crippen LogP contribution in [-0.2, 0) is 6.54 Å². The normalized spacial score (nSPS) is 10.6. The largest absolute Gasteiger partial charge is 0.272 e. The summed E-state index contributed by atoms with van der Waals surface area (Å²) in [5, 5.41) is 6.04. The fraction of sp³-hybridized carbons (Fsp3) is 0.118. The molecule has 2 heteroatoms. The molecule has 2 aromatic carbocycles. The van der Waals surface area contributed by atoms with Crippen LogP contribution in [0.15, 0.2) is 60.7 Å². The van der Waals surface area contributed by atoms with E-state index in [1.54, 1.807) is 0 Å². The third-order valence-corrected chi connectivity index (χ3v) is 3.29. The van der Waals surface area contributed by atoms with Gasteiger partial charge >= 0.3 is 0 Å². The maximum absolute atomic E-state index is 3.44. The van der Waals surface area contributed by atoms with Crippen LogP contribution in [0.4, 0.5) is 5.82 Å². The molecule has 94 valence electrons. The maximum Gasteiger partial charge on any atom is 0.272 e. The Balaban J connectivity index is 1.86. The predicted molar refractivity (Wildman–Crippen MR) is 79.0 cm³/mol. The zero-order valence-corrected chi connectivity index (χ0v) is 11.0. The first kappa shape index (κ1) is 11.7. The van der Waals surface area contributed by atoms with E-state index >= 15 is 0 Å². The lowest BCUT2D eigenvalue weighted by Gasteiger charge is -2.05. The summed E-state index contributed by atoms with van der Waals surface area (Å²) in [5.74, 6) is 1.05. The van der Waals surface area contributed by atoms with Gasteiger partial charge in [-0.05, 0) is 23.8 Å². The maximum atomic E-state index is 3.44. The number of anilines is 1. The Morgan fingerprint density at radius 1 is 0.895 bits per heavy atom. The van der Waals surface area contributed by atoms with Crippen LogP contribution in [0.25, 0.3) is 10.8 Å². The highest BCUT2D eigenvalue weighted by Gasteiger charge is 2.04. The number of nitrogens with one attached hydrogen (secondary N) is 2. The minimum absolute atomic E-state index is 0.821. The quantitative estimate of drug-likeness (QED) is 0.754. The number of rotatable bonds is 3. The summed E-state index contributed by atoms with van der Waals surface area (Å²) < 4.78 is 0. The van der Waals surface area contributed by atoms with Crippen LogP contribution in [-0.4, -0.2) is 0 Å². The van der Waals surface area contributed by atoms with Crippen molar-refractivity contribution in [1.82, 2.24) is 0 Å². The number of aryl methyl sites for hydroxylation is 1. The standard InChI is InChI=1S/C17H16N2/c1-13-6-4-11-17(19-13)18-12-15-9-5-8-14-7-2-3-10-16(14)15/h2-11H,12H2,1H3,(H,18,19)/p+1. The predicted octanol–water partition coefficient (Wildman–Crippen LogP) is 3.57. The summed E-state index contributed by atoms with van der Waals surface area (Å²) in [6, 6.07) is 21.1. The molecule has 0 bridgehead atoms. The van der Waals surface area contributed by atoms with Gasteiger partial charge < -0.3 is 0 Å². The van der Waals surface area contributed by atoms with E-state index in [1.165, 1.54) is 16.3 Å². The van der Waals surface area contributed by atoms with Gasteiger partial charge in [-0.2, -0.15) is 0 Å². The zero-order chi connectivity index (χ0) is 13.1. The Kier molecular flexibility index (Phi) is 3.15. The molecule has 1 heterocycles. The van der Waals surface area contributed by atoms with Gasteiger partial charge in [-0.1, -0.05) is 48.5 Å². The second-order valence-corrected chi connectivity index (χ2v) is 4.74. The average molecular weight is 249 g/mol. The SMILES string of the molecule is Cc1cccc(NCc2cccc3ccccc23)[nH+]1. The van der Waals surface area contributed by atoms with Crippen LogP contribution in [0.5, 0.6) is 0 Å². The molecule has 0 unspecified atom stereocenters. The number of aromatic amines is 1. The second kappa shape index (κ2) is 5.11. The topological polar surface area (TPSA) is 26.2 Å². The van der Waals surface area contributed by atoms with E-state index in [0.717, 1.165) is 18.1 Å². The van der Waals surface area contributed by atoms with Gasteiger partial charge in [0.15, 0.2) is 0 Å². The van der Waals surface area contributed by atoms with Crippen molar-refractivity contribution >= 4 is 16.6 Å². The number of hydrogen-bond donors (Lipinski definition) is 1. The Morgan fingerprint density at radius 2 is 1.68 bits per heavy atom. The summed E-state index contributed by atoms with van der Waals surface area (Å²) in [6.45, 7) is 2.88. The summed E-state index contributed by atoms with van der Waals surface area (Å²) in [5.41, 5.74) is 2.47. The van der Waals surface area contributed by atoms with Gasteiger partial charge in [-0.15, -0.1) is 0 Å². The van der Waals surface area contributed by atoms with Gasteiger partial charge in [-0.3, -0.25) is 5.32 Å². The second-order valence-electron chi connectivity index (χ2n) is 4.74. The molecule has 2 N–H and O–H groups in total. The van der Waals surface area contributed by atoms with Crippen molar-refractivity contribution in [1.29, 1.82) is 0 Å². The average Bonchev–Trinajstić information content (AvgIpc) is 2.45. The summed E-state index contributed by atoms with van der Waals surface area (Å²) >= 11 is 0. The fourth-order valence-corrected chi connectivity index (χ4v) is 2.32.